The summed E-state index contributed by atoms with van der Waals surface area (Å²) in [6, 6.07) is 4.23. The number of halogens is 1. The van der Waals surface area contributed by atoms with Crippen LogP contribution in [0, 0.1) is 5.92 Å². The molecule has 3 heteroatoms. The van der Waals surface area contributed by atoms with Crippen molar-refractivity contribution in [3.8, 4) is 5.75 Å². The molecule has 1 atom stereocenters. The zero-order valence-electron chi connectivity index (χ0n) is 9.67. The summed E-state index contributed by atoms with van der Waals surface area (Å²) in [4.78, 5) is 11.7. The van der Waals surface area contributed by atoms with Crippen LogP contribution in [0.4, 0.5) is 0 Å². The number of benzene rings is 1. The molecule has 0 bridgehead atoms. The fourth-order valence-corrected chi connectivity index (χ4v) is 3.42. The monoisotopic (exact) mass is 294 g/mol. The summed E-state index contributed by atoms with van der Waals surface area (Å²) in [6.07, 6.45) is 4.70. The Bertz CT molecular complexity index is 468. The lowest BCUT2D eigenvalue weighted by molar-refractivity contribution is -0.120. The highest BCUT2D eigenvalue weighted by atomic mass is 79.9. The Morgan fingerprint density at radius 1 is 1.35 bits per heavy atom. The van der Waals surface area contributed by atoms with Gasteiger partial charge in [-0.3, -0.25) is 4.79 Å². The number of rotatable bonds is 2. The lowest BCUT2D eigenvalue weighted by Gasteiger charge is -2.12. The number of ether oxygens (including phenoxy) is 1. The molecule has 0 spiro atoms. The van der Waals surface area contributed by atoms with Gasteiger partial charge < -0.3 is 4.74 Å². The van der Waals surface area contributed by atoms with E-state index in [0.29, 0.717) is 5.78 Å². The minimum Gasteiger partial charge on any atom is -0.493 e. The third kappa shape index (κ3) is 2.13. The van der Waals surface area contributed by atoms with Crippen LogP contribution in [0.1, 0.15) is 30.4 Å². The summed E-state index contributed by atoms with van der Waals surface area (Å²) < 4.78 is 6.80. The Morgan fingerprint density at radius 3 is 3.00 bits per heavy atom. The molecule has 1 fully saturated rings. The highest BCUT2D eigenvalue weighted by molar-refractivity contribution is 9.10. The van der Waals surface area contributed by atoms with Crippen molar-refractivity contribution in [2.24, 2.45) is 5.92 Å². The number of fused-ring (bicyclic) bond motifs is 1. The predicted molar refractivity (Wildman–Crippen MR) is 69.4 cm³/mol. The summed E-state index contributed by atoms with van der Waals surface area (Å²) in [7, 11) is 0. The van der Waals surface area contributed by atoms with Crippen LogP contribution in [-0.2, 0) is 17.6 Å². The van der Waals surface area contributed by atoms with Crippen molar-refractivity contribution >= 4 is 21.7 Å². The van der Waals surface area contributed by atoms with E-state index in [0.717, 1.165) is 48.9 Å². The molecule has 0 radical (unpaired) electrons. The Labute approximate surface area is 109 Å². The quantitative estimate of drug-likeness (QED) is 0.837. The molecule has 1 aliphatic carbocycles. The maximum Gasteiger partial charge on any atom is 0.136 e. The van der Waals surface area contributed by atoms with E-state index in [1.807, 2.05) is 0 Å². The average Bonchev–Trinajstić information content (AvgIpc) is 2.88. The van der Waals surface area contributed by atoms with Gasteiger partial charge in [-0.2, -0.15) is 0 Å². The van der Waals surface area contributed by atoms with Crippen molar-refractivity contribution in [2.75, 3.05) is 6.61 Å². The van der Waals surface area contributed by atoms with Crippen LogP contribution in [0.2, 0.25) is 0 Å². The van der Waals surface area contributed by atoms with Gasteiger partial charge >= 0.3 is 0 Å². The molecule has 0 N–H and O–H groups in total. The Hall–Kier alpha value is -0.830. The molecule has 1 aromatic rings. The van der Waals surface area contributed by atoms with Crippen molar-refractivity contribution in [1.82, 2.24) is 0 Å². The molecule has 17 heavy (non-hydrogen) atoms. The molecule has 0 aromatic heterocycles. The summed E-state index contributed by atoms with van der Waals surface area (Å²) >= 11 is 3.54. The Morgan fingerprint density at radius 2 is 2.24 bits per heavy atom. The second-order valence-corrected chi connectivity index (χ2v) is 5.83. The molecule has 1 heterocycles. The molecule has 0 saturated heterocycles. The van der Waals surface area contributed by atoms with E-state index in [2.05, 4.69) is 28.1 Å². The number of hydrogen-bond donors (Lipinski definition) is 0. The number of carbonyl (C=O) groups is 1. The molecule has 0 amide bonds. The van der Waals surface area contributed by atoms with Gasteiger partial charge in [-0.05, 0) is 42.5 Å². The topological polar surface area (TPSA) is 26.3 Å². The van der Waals surface area contributed by atoms with Crippen molar-refractivity contribution in [3.63, 3.8) is 0 Å². The van der Waals surface area contributed by atoms with Crippen LogP contribution in [0.5, 0.6) is 5.75 Å². The van der Waals surface area contributed by atoms with E-state index >= 15 is 0 Å². The van der Waals surface area contributed by atoms with E-state index in [-0.39, 0.29) is 5.92 Å². The van der Waals surface area contributed by atoms with Crippen molar-refractivity contribution in [2.45, 2.75) is 32.1 Å². The fourth-order valence-electron chi connectivity index (χ4n) is 2.87. The van der Waals surface area contributed by atoms with Gasteiger partial charge in [0.05, 0.1) is 6.61 Å². The highest BCUT2D eigenvalue weighted by Crippen LogP contribution is 2.36. The van der Waals surface area contributed by atoms with Gasteiger partial charge in [-0.25, -0.2) is 0 Å². The van der Waals surface area contributed by atoms with E-state index in [9.17, 15) is 4.79 Å². The minimum atomic E-state index is 0.220. The first-order valence-corrected chi connectivity index (χ1v) is 7.00. The van der Waals surface area contributed by atoms with Gasteiger partial charge in [-0.15, -0.1) is 0 Å². The summed E-state index contributed by atoms with van der Waals surface area (Å²) in [5.41, 5.74) is 2.48. The zero-order chi connectivity index (χ0) is 11.8. The van der Waals surface area contributed by atoms with Crippen LogP contribution < -0.4 is 4.74 Å². The first kappa shape index (κ1) is 11.3. The molecule has 1 saturated carbocycles. The molecule has 90 valence electrons. The first-order valence-electron chi connectivity index (χ1n) is 6.21. The molecule has 3 rings (SSSR count). The van der Waals surface area contributed by atoms with Crippen LogP contribution in [0.15, 0.2) is 16.6 Å². The average molecular weight is 295 g/mol. The molecule has 2 aliphatic rings. The van der Waals surface area contributed by atoms with E-state index in [1.54, 1.807) is 0 Å². The van der Waals surface area contributed by atoms with Crippen LogP contribution >= 0.6 is 15.9 Å². The third-order valence-electron chi connectivity index (χ3n) is 3.72. The Balaban J connectivity index is 1.90. The number of ketones is 1. The fraction of sp³-hybridized carbons (Fsp3) is 0.500. The normalized spacial score (nSPS) is 22.6. The first-order chi connectivity index (χ1) is 8.24. The summed E-state index contributed by atoms with van der Waals surface area (Å²) in [6.45, 7) is 0.775. The number of Topliss-reactive ketones (excluding diaryl/α,β-unsaturated/α-hetero) is 1. The van der Waals surface area contributed by atoms with Crippen molar-refractivity contribution in [1.29, 1.82) is 0 Å². The summed E-state index contributed by atoms with van der Waals surface area (Å²) in [5.74, 6) is 1.68. The van der Waals surface area contributed by atoms with Crippen LogP contribution in [0.3, 0.4) is 0 Å². The predicted octanol–water partition coefficient (Wildman–Crippen LogP) is 3.30. The van der Waals surface area contributed by atoms with Gasteiger partial charge in [0, 0.05) is 23.2 Å². The van der Waals surface area contributed by atoms with Gasteiger partial charge in [0.1, 0.15) is 11.5 Å². The highest BCUT2D eigenvalue weighted by Gasteiger charge is 2.27. The lowest BCUT2D eigenvalue weighted by Crippen LogP contribution is -2.10. The van der Waals surface area contributed by atoms with Gasteiger partial charge in [0.2, 0.25) is 0 Å². The smallest absolute Gasteiger partial charge is 0.136 e. The molecular weight excluding hydrogens is 280 g/mol. The maximum absolute atomic E-state index is 11.7. The molecule has 1 unspecified atom stereocenters. The Kier molecular flexibility index (Phi) is 2.95. The number of hydrogen-bond acceptors (Lipinski definition) is 2. The molecule has 1 aliphatic heterocycles. The lowest BCUT2D eigenvalue weighted by atomic mass is 9.95. The second-order valence-electron chi connectivity index (χ2n) is 4.91. The SMILES string of the molecule is O=C1CCCC1Cc1cc(Br)cc2c1OCC2. The second kappa shape index (κ2) is 4.45. The standard InChI is InChI=1S/C14H15BrO2/c15-12-7-10-4-5-17-14(10)11(8-12)6-9-2-1-3-13(9)16/h7-9H,1-6H2. The van der Waals surface area contributed by atoms with Crippen LogP contribution in [0.25, 0.3) is 0 Å². The molecule has 1 aromatic carbocycles. The van der Waals surface area contributed by atoms with Crippen molar-refractivity contribution < 1.29 is 9.53 Å². The van der Waals surface area contributed by atoms with Gasteiger partial charge in [-0.1, -0.05) is 15.9 Å². The molecule has 2 nitrogen and oxygen atoms in total. The van der Waals surface area contributed by atoms with Gasteiger partial charge in [0.15, 0.2) is 0 Å². The minimum absolute atomic E-state index is 0.220. The van der Waals surface area contributed by atoms with Crippen LogP contribution in [-0.4, -0.2) is 12.4 Å². The zero-order valence-corrected chi connectivity index (χ0v) is 11.3. The van der Waals surface area contributed by atoms with E-state index in [1.165, 1.54) is 11.1 Å². The summed E-state index contributed by atoms with van der Waals surface area (Å²) in [5, 5.41) is 0. The number of carbonyl (C=O) groups excluding carboxylic acids is 1. The van der Waals surface area contributed by atoms with E-state index in [4.69, 9.17) is 4.74 Å². The van der Waals surface area contributed by atoms with Gasteiger partial charge in [0.25, 0.3) is 0 Å². The maximum atomic E-state index is 11.7. The molecular formula is C14H15BrO2. The largest absolute Gasteiger partial charge is 0.493 e. The third-order valence-corrected chi connectivity index (χ3v) is 4.18. The van der Waals surface area contributed by atoms with Crippen molar-refractivity contribution in [3.05, 3.63) is 27.7 Å². The van der Waals surface area contributed by atoms with E-state index < -0.39 is 0 Å².